The monoisotopic (exact) mass is 286 g/mol. The fourth-order valence-electron chi connectivity index (χ4n) is 2.58. The van der Waals surface area contributed by atoms with E-state index in [0.29, 0.717) is 13.1 Å². The molecule has 3 aromatic rings. The lowest BCUT2D eigenvalue weighted by Crippen LogP contribution is -2.23. The van der Waals surface area contributed by atoms with Gasteiger partial charge in [-0.3, -0.25) is 9.13 Å². The molecule has 2 aromatic heterocycles. The highest BCUT2D eigenvalue weighted by molar-refractivity contribution is 7.11. The van der Waals surface area contributed by atoms with Crippen molar-refractivity contribution in [3.8, 4) is 0 Å². The van der Waals surface area contributed by atoms with E-state index in [4.69, 9.17) is 0 Å². The fourth-order valence-corrected chi connectivity index (χ4v) is 3.53. The molecule has 0 saturated heterocycles. The van der Waals surface area contributed by atoms with Gasteiger partial charge in [0.15, 0.2) is 0 Å². The number of hydrogen-bond donors (Lipinski definition) is 0. The maximum Gasteiger partial charge on any atom is 0.329 e. The third kappa shape index (κ3) is 2.10. The molecule has 4 heteroatoms. The summed E-state index contributed by atoms with van der Waals surface area (Å²) in [5.41, 5.74) is 2.12. The molecule has 20 heavy (non-hydrogen) atoms. The van der Waals surface area contributed by atoms with Crippen molar-refractivity contribution in [1.29, 1.82) is 0 Å². The van der Waals surface area contributed by atoms with Gasteiger partial charge in [-0.25, -0.2) is 4.79 Å². The van der Waals surface area contributed by atoms with Crippen LogP contribution in [-0.4, -0.2) is 9.13 Å². The Morgan fingerprint density at radius 1 is 0.950 bits per heavy atom. The Morgan fingerprint density at radius 3 is 2.20 bits per heavy atom. The van der Waals surface area contributed by atoms with Crippen molar-refractivity contribution in [3.05, 3.63) is 56.6 Å². The molecule has 0 spiro atoms. The van der Waals surface area contributed by atoms with Crippen LogP contribution >= 0.6 is 11.3 Å². The van der Waals surface area contributed by atoms with Gasteiger partial charge >= 0.3 is 5.69 Å². The highest BCUT2D eigenvalue weighted by Gasteiger charge is 2.12. The SMILES string of the molecule is CCc1ccc(Cn2c(=O)n(CC)c3ccccc32)s1. The van der Waals surface area contributed by atoms with Gasteiger partial charge < -0.3 is 0 Å². The smallest absolute Gasteiger partial charge is 0.292 e. The summed E-state index contributed by atoms with van der Waals surface area (Å²) in [7, 11) is 0. The number of aromatic nitrogens is 2. The molecule has 0 fully saturated rings. The van der Waals surface area contributed by atoms with E-state index in [1.165, 1.54) is 9.75 Å². The van der Waals surface area contributed by atoms with E-state index in [1.807, 2.05) is 40.3 Å². The Morgan fingerprint density at radius 2 is 1.60 bits per heavy atom. The summed E-state index contributed by atoms with van der Waals surface area (Å²) >= 11 is 1.79. The number of rotatable bonds is 4. The Kier molecular flexibility index (Phi) is 3.49. The Bertz CT molecular complexity index is 794. The van der Waals surface area contributed by atoms with E-state index >= 15 is 0 Å². The van der Waals surface area contributed by atoms with Crippen molar-refractivity contribution in [3.63, 3.8) is 0 Å². The molecule has 3 nitrogen and oxygen atoms in total. The van der Waals surface area contributed by atoms with Gasteiger partial charge in [0.2, 0.25) is 0 Å². The second kappa shape index (κ2) is 5.29. The molecule has 0 saturated carbocycles. The number of para-hydroxylation sites is 2. The van der Waals surface area contributed by atoms with E-state index < -0.39 is 0 Å². The first-order chi connectivity index (χ1) is 9.74. The van der Waals surface area contributed by atoms with Gasteiger partial charge in [-0.05, 0) is 37.6 Å². The normalized spacial score (nSPS) is 11.3. The maximum absolute atomic E-state index is 12.5. The predicted molar refractivity (Wildman–Crippen MR) is 84.7 cm³/mol. The van der Waals surface area contributed by atoms with Crippen molar-refractivity contribution in [2.45, 2.75) is 33.4 Å². The van der Waals surface area contributed by atoms with Crippen LogP contribution in [0.25, 0.3) is 11.0 Å². The third-order valence-electron chi connectivity index (χ3n) is 3.62. The van der Waals surface area contributed by atoms with Gasteiger partial charge in [-0.15, -0.1) is 11.3 Å². The van der Waals surface area contributed by atoms with Crippen LogP contribution in [0.1, 0.15) is 23.6 Å². The lowest BCUT2D eigenvalue weighted by molar-refractivity contribution is 0.688. The summed E-state index contributed by atoms with van der Waals surface area (Å²) in [6.45, 7) is 5.54. The second-order valence-electron chi connectivity index (χ2n) is 4.82. The first kappa shape index (κ1) is 13.2. The zero-order chi connectivity index (χ0) is 14.1. The summed E-state index contributed by atoms with van der Waals surface area (Å²) in [5.74, 6) is 0. The second-order valence-corrected chi connectivity index (χ2v) is 6.08. The topological polar surface area (TPSA) is 26.9 Å². The van der Waals surface area contributed by atoms with Gasteiger partial charge in [-0.2, -0.15) is 0 Å². The molecule has 0 bridgehead atoms. The molecular weight excluding hydrogens is 268 g/mol. The van der Waals surface area contributed by atoms with Crippen LogP contribution in [0.2, 0.25) is 0 Å². The van der Waals surface area contributed by atoms with Gasteiger partial charge in [0.05, 0.1) is 17.6 Å². The lowest BCUT2D eigenvalue weighted by atomic mass is 10.3. The molecule has 0 aliphatic heterocycles. The van der Waals surface area contributed by atoms with Crippen LogP contribution in [-0.2, 0) is 19.5 Å². The Balaban J connectivity index is 2.11. The lowest BCUT2D eigenvalue weighted by Gasteiger charge is -2.00. The zero-order valence-corrected chi connectivity index (χ0v) is 12.6. The van der Waals surface area contributed by atoms with Crippen LogP contribution in [0, 0.1) is 0 Å². The molecular formula is C16H18N2OS. The highest BCUT2D eigenvalue weighted by Crippen LogP contribution is 2.20. The molecule has 0 amide bonds. The van der Waals surface area contributed by atoms with Gasteiger partial charge in [-0.1, -0.05) is 19.1 Å². The number of thiophene rings is 1. The Labute approximate surface area is 122 Å². The van der Waals surface area contributed by atoms with Crippen molar-refractivity contribution in [1.82, 2.24) is 9.13 Å². The average molecular weight is 286 g/mol. The number of nitrogens with zero attached hydrogens (tertiary/aromatic N) is 2. The summed E-state index contributed by atoms with van der Waals surface area (Å²) in [6.07, 6.45) is 1.05. The number of fused-ring (bicyclic) bond motifs is 1. The first-order valence-electron chi connectivity index (χ1n) is 7.00. The van der Waals surface area contributed by atoms with Crippen LogP contribution in [0.4, 0.5) is 0 Å². The van der Waals surface area contributed by atoms with Crippen LogP contribution in [0.5, 0.6) is 0 Å². The van der Waals surface area contributed by atoms with E-state index in [-0.39, 0.29) is 5.69 Å². The highest BCUT2D eigenvalue weighted by atomic mass is 32.1. The minimum absolute atomic E-state index is 0.0835. The maximum atomic E-state index is 12.5. The van der Waals surface area contributed by atoms with Gasteiger partial charge in [0, 0.05) is 16.3 Å². The minimum Gasteiger partial charge on any atom is -0.292 e. The predicted octanol–water partition coefficient (Wildman–Crippen LogP) is 3.50. The van der Waals surface area contributed by atoms with Crippen molar-refractivity contribution < 1.29 is 0 Å². The van der Waals surface area contributed by atoms with Gasteiger partial charge in [0.1, 0.15) is 0 Å². The molecule has 3 rings (SSSR count). The number of aryl methyl sites for hydroxylation is 2. The van der Waals surface area contributed by atoms with E-state index in [1.54, 1.807) is 11.3 Å². The van der Waals surface area contributed by atoms with Crippen LogP contribution < -0.4 is 5.69 Å². The minimum atomic E-state index is 0.0835. The molecule has 104 valence electrons. The molecule has 0 aliphatic rings. The molecule has 0 radical (unpaired) electrons. The quantitative estimate of drug-likeness (QED) is 0.721. The van der Waals surface area contributed by atoms with Gasteiger partial charge in [0.25, 0.3) is 0 Å². The summed E-state index contributed by atoms with van der Waals surface area (Å²) in [4.78, 5) is 15.1. The van der Waals surface area contributed by atoms with Crippen molar-refractivity contribution in [2.24, 2.45) is 0 Å². The largest absolute Gasteiger partial charge is 0.329 e. The standard InChI is InChI=1S/C16H18N2OS/c1-3-12-9-10-13(20-12)11-18-15-8-6-5-7-14(15)17(4-2)16(18)19/h5-10H,3-4,11H2,1-2H3. The third-order valence-corrected chi connectivity index (χ3v) is 4.84. The van der Waals surface area contributed by atoms with Crippen molar-refractivity contribution >= 4 is 22.4 Å². The van der Waals surface area contributed by atoms with E-state index in [2.05, 4.69) is 19.1 Å². The number of imidazole rings is 1. The molecule has 0 atom stereocenters. The first-order valence-corrected chi connectivity index (χ1v) is 7.82. The Hall–Kier alpha value is -1.81. The summed E-state index contributed by atoms with van der Waals surface area (Å²) in [6, 6.07) is 12.3. The molecule has 0 aliphatic carbocycles. The van der Waals surface area contributed by atoms with E-state index in [9.17, 15) is 4.79 Å². The zero-order valence-electron chi connectivity index (χ0n) is 11.8. The fraction of sp³-hybridized carbons (Fsp3) is 0.312. The summed E-state index contributed by atoms with van der Waals surface area (Å²) in [5, 5.41) is 0. The average Bonchev–Trinajstić information content (AvgIpc) is 3.03. The van der Waals surface area contributed by atoms with Crippen LogP contribution in [0.3, 0.4) is 0 Å². The number of benzene rings is 1. The molecule has 0 N–H and O–H groups in total. The molecule has 0 unspecified atom stereocenters. The summed E-state index contributed by atoms with van der Waals surface area (Å²) < 4.78 is 3.72. The number of hydrogen-bond acceptors (Lipinski definition) is 2. The van der Waals surface area contributed by atoms with Crippen LogP contribution in [0.15, 0.2) is 41.2 Å². The van der Waals surface area contributed by atoms with Crippen molar-refractivity contribution in [2.75, 3.05) is 0 Å². The molecule has 2 heterocycles. The van der Waals surface area contributed by atoms with E-state index in [0.717, 1.165) is 17.5 Å². The molecule has 1 aromatic carbocycles.